The lowest BCUT2D eigenvalue weighted by Gasteiger charge is -2.25. The molecule has 2 nitrogen and oxygen atoms in total. The van der Waals surface area contributed by atoms with Crippen molar-refractivity contribution in [1.29, 1.82) is 0 Å². The molecule has 1 aliphatic rings. The molecule has 0 heterocycles. The summed E-state index contributed by atoms with van der Waals surface area (Å²) < 4.78 is 68.0. The molecule has 3 rings (SSSR count). The van der Waals surface area contributed by atoms with E-state index in [4.69, 9.17) is 9.47 Å². The summed E-state index contributed by atoms with van der Waals surface area (Å²) in [5.41, 5.74) is 0.473. The van der Waals surface area contributed by atoms with E-state index >= 15 is 0 Å². The molecule has 0 aromatic heterocycles. The van der Waals surface area contributed by atoms with Gasteiger partial charge in [0.15, 0.2) is 23.1 Å². The normalized spacial score (nSPS) is 18.5. The van der Waals surface area contributed by atoms with Crippen LogP contribution in [0, 0.1) is 23.3 Å². The Morgan fingerprint density at radius 3 is 1.67 bits per heavy atom. The lowest BCUT2D eigenvalue weighted by atomic mass is 9.81. The van der Waals surface area contributed by atoms with Gasteiger partial charge in [-0.15, -0.1) is 0 Å². The molecule has 2 aromatic rings. The number of hydrogen-bond acceptors (Lipinski definition) is 2. The minimum atomic E-state index is -1.00. The summed E-state index contributed by atoms with van der Waals surface area (Å²) in [6, 6.07) is 5.92. The van der Waals surface area contributed by atoms with E-state index < -0.39 is 23.3 Å². The van der Waals surface area contributed by atoms with Crippen LogP contribution in [0.4, 0.5) is 17.6 Å². The number of ether oxygens (including phenoxy) is 2. The van der Waals surface area contributed by atoms with E-state index in [9.17, 15) is 17.6 Å². The zero-order valence-corrected chi connectivity index (χ0v) is 17.2. The van der Waals surface area contributed by atoms with E-state index in [1.54, 1.807) is 19.1 Å². The van der Waals surface area contributed by atoms with Crippen molar-refractivity contribution in [3.8, 4) is 11.5 Å². The molecular weight excluding hydrogens is 396 g/mol. The van der Waals surface area contributed by atoms with Crippen molar-refractivity contribution in [3.05, 3.63) is 70.8 Å². The van der Waals surface area contributed by atoms with Gasteiger partial charge in [0.1, 0.15) is 0 Å². The van der Waals surface area contributed by atoms with Gasteiger partial charge in [-0.25, -0.2) is 8.78 Å². The summed E-state index contributed by atoms with van der Waals surface area (Å²) in [5, 5.41) is 0. The fourth-order valence-electron chi connectivity index (χ4n) is 3.71. The van der Waals surface area contributed by atoms with Crippen LogP contribution >= 0.6 is 0 Å². The summed E-state index contributed by atoms with van der Waals surface area (Å²) >= 11 is 0. The van der Waals surface area contributed by atoms with E-state index in [1.165, 1.54) is 24.3 Å². The Bertz CT molecular complexity index is 911. The van der Waals surface area contributed by atoms with Gasteiger partial charge in [0.2, 0.25) is 11.6 Å². The molecule has 0 saturated carbocycles. The highest BCUT2D eigenvalue weighted by Gasteiger charge is 2.26. The van der Waals surface area contributed by atoms with E-state index in [0.717, 1.165) is 12.8 Å². The first-order valence-corrected chi connectivity index (χ1v) is 10.4. The molecule has 1 aliphatic carbocycles. The van der Waals surface area contributed by atoms with Gasteiger partial charge in [-0.3, -0.25) is 0 Å². The van der Waals surface area contributed by atoms with Crippen LogP contribution in [0.2, 0.25) is 0 Å². The second-order valence-corrected chi connectivity index (χ2v) is 7.37. The van der Waals surface area contributed by atoms with Gasteiger partial charge in [0.05, 0.1) is 13.2 Å². The summed E-state index contributed by atoms with van der Waals surface area (Å²) in [5.74, 6) is -4.72. The van der Waals surface area contributed by atoms with E-state index in [2.05, 4.69) is 0 Å². The van der Waals surface area contributed by atoms with E-state index in [-0.39, 0.29) is 41.1 Å². The van der Waals surface area contributed by atoms with Crippen LogP contribution in [-0.2, 0) is 0 Å². The van der Waals surface area contributed by atoms with Crippen LogP contribution < -0.4 is 9.47 Å². The third-order valence-corrected chi connectivity index (χ3v) is 5.37. The number of allylic oxidation sites excluding steroid dienone is 2. The lowest BCUT2D eigenvalue weighted by molar-refractivity contribution is 0.288. The first kappa shape index (κ1) is 22.2. The highest BCUT2D eigenvalue weighted by Crippen LogP contribution is 2.39. The Labute approximate surface area is 174 Å². The molecule has 30 heavy (non-hydrogen) atoms. The van der Waals surface area contributed by atoms with Gasteiger partial charge in [-0.1, -0.05) is 37.6 Å². The summed E-state index contributed by atoms with van der Waals surface area (Å²) in [6.07, 6.45) is 6.10. The van der Waals surface area contributed by atoms with Gasteiger partial charge >= 0.3 is 0 Å². The topological polar surface area (TPSA) is 18.5 Å². The van der Waals surface area contributed by atoms with Crippen LogP contribution in [-0.4, -0.2) is 13.2 Å². The smallest absolute Gasteiger partial charge is 0.200 e. The van der Waals surface area contributed by atoms with Crippen molar-refractivity contribution in [1.82, 2.24) is 0 Å². The molecule has 0 bridgehead atoms. The first-order valence-electron chi connectivity index (χ1n) is 10.4. The first-order chi connectivity index (χ1) is 14.5. The monoisotopic (exact) mass is 422 g/mol. The van der Waals surface area contributed by atoms with Crippen LogP contribution in [0.25, 0.3) is 0 Å². The number of benzene rings is 2. The highest BCUT2D eigenvalue weighted by atomic mass is 19.2. The van der Waals surface area contributed by atoms with Crippen molar-refractivity contribution in [2.75, 3.05) is 13.2 Å². The average Bonchev–Trinajstić information content (AvgIpc) is 2.75. The van der Waals surface area contributed by atoms with Crippen molar-refractivity contribution >= 4 is 0 Å². The van der Waals surface area contributed by atoms with E-state index in [0.29, 0.717) is 19.4 Å². The Hall–Kier alpha value is -2.50. The van der Waals surface area contributed by atoms with Gasteiger partial charge in [0.25, 0.3) is 0 Å². The van der Waals surface area contributed by atoms with Crippen molar-refractivity contribution < 1.29 is 27.0 Å². The Morgan fingerprint density at radius 1 is 0.733 bits per heavy atom. The molecule has 0 radical (unpaired) electrons. The molecule has 162 valence electrons. The third-order valence-electron chi connectivity index (χ3n) is 5.37. The Balaban J connectivity index is 1.76. The second kappa shape index (κ2) is 10.0. The Morgan fingerprint density at radius 2 is 1.23 bits per heavy atom. The summed E-state index contributed by atoms with van der Waals surface area (Å²) in [4.78, 5) is 0. The number of hydrogen-bond donors (Lipinski definition) is 0. The average molecular weight is 422 g/mol. The van der Waals surface area contributed by atoms with Crippen molar-refractivity contribution in [3.63, 3.8) is 0 Å². The van der Waals surface area contributed by atoms with Gasteiger partial charge in [-0.05, 0) is 49.4 Å². The summed E-state index contributed by atoms with van der Waals surface area (Å²) in [7, 11) is 0. The largest absolute Gasteiger partial charge is 0.491 e. The fraction of sp³-hybridized carbons (Fsp3) is 0.417. The number of unbranched alkanes of at least 4 members (excludes halogenated alkanes) is 1. The summed E-state index contributed by atoms with van der Waals surface area (Å²) in [6.45, 7) is 4.26. The highest BCUT2D eigenvalue weighted by molar-refractivity contribution is 5.38. The van der Waals surface area contributed by atoms with Gasteiger partial charge in [-0.2, -0.15) is 8.78 Å². The van der Waals surface area contributed by atoms with E-state index in [1.807, 2.05) is 6.92 Å². The maximum absolute atomic E-state index is 14.6. The van der Waals surface area contributed by atoms with Crippen LogP contribution in [0.1, 0.15) is 62.5 Å². The molecule has 0 amide bonds. The maximum atomic E-state index is 14.6. The molecular formula is C24H26F4O2. The fourth-order valence-corrected chi connectivity index (χ4v) is 3.71. The van der Waals surface area contributed by atoms with Crippen LogP contribution in [0.5, 0.6) is 11.5 Å². The van der Waals surface area contributed by atoms with Crippen LogP contribution in [0.3, 0.4) is 0 Å². The predicted molar refractivity (Wildman–Crippen MR) is 108 cm³/mol. The molecule has 0 saturated heterocycles. The second-order valence-electron chi connectivity index (χ2n) is 7.37. The minimum absolute atomic E-state index is 0.0886. The SMILES string of the molecule is CCCCOc1ccc(C2C=CC(c3ccc(OCC)c(F)c3F)CC2)c(F)c1F. The lowest BCUT2D eigenvalue weighted by Crippen LogP contribution is -2.11. The van der Waals surface area contributed by atoms with Crippen molar-refractivity contribution in [2.45, 2.75) is 51.4 Å². The molecule has 0 spiro atoms. The standard InChI is InChI=1S/C24H26F4O2/c1-3-5-14-30-20-13-11-18(22(26)24(20)28)16-8-6-15(7-9-16)17-10-12-19(29-4-2)23(27)21(17)25/h6,8,10-13,15-16H,3-5,7,9,14H2,1-2H3. The molecule has 0 aliphatic heterocycles. The molecule has 2 aromatic carbocycles. The Kier molecular flexibility index (Phi) is 7.40. The zero-order valence-electron chi connectivity index (χ0n) is 17.2. The van der Waals surface area contributed by atoms with Gasteiger partial charge in [0, 0.05) is 11.8 Å². The minimum Gasteiger partial charge on any atom is -0.491 e. The quantitative estimate of drug-likeness (QED) is 0.258. The molecule has 2 unspecified atom stereocenters. The maximum Gasteiger partial charge on any atom is 0.200 e. The third kappa shape index (κ3) is 4.63. The van der Waals surface area contributed by atoms with Crippen LogP contribution in [0.15, 0.2) is 36.4 Å². The number of rotatable bonds is 8. The number of halogens is 4. The molecule has 6 heteroatoms. The molecule has 2 atom stereocenters. The van der Waals surface area contributed by atoms with Crippen molar-refractivity contribution in [2.24, 2.45) is 0 Å². The zero-order chi connectivity index (χ0) is 21.7. The molecule has 0 fully saturated rings. The van der Waals surface area contributed by atoms with Gasteiger partial charge < -0.3 is 9.47 Å². The predicted octanol–water partition coefficient (Wildman–Crippen LogP) is 7.04. The molecule has 0 N–H and O–H groups in total.